The number of hydrogen-bond acceptors (Lipinski definition) is 4. The number of amides is 2. The monoisotopic (exact) mass is 386 g/mol. The third-order valence-corrected chi connectivity index (χ3v) is 4.19. The van der Waals surface area contributed by atoms with Crippen molar-refractivity contribution in [3.05, 3.63) is 53.8 Å². The van der Waals surface area contributed by atoms with Crippen molar-refractivity contribution >= 4 is 17.7 Å². The molecule has 0 saturated heterocycles. The van der Waals surface area contributed by atoms with Crippen molar-refractivity contribution in [3.8, 4) is 11.5 Å². The lowest BCUT2D eigenvalue weighted by Crippen LogP contribution is -2.52. The highest BCUT2D eigenvalue weighted by atomic mass is 19.1. The summed E-state index contributed by atoms with van der Waals surface area (Å²) in [6.07, 6.45) is -0.340. The second-order valence-electron chi connectivity index (χ2n) is 7.62. The summed E-state index contributed by atoms with van der Waals surface area (Å²) in [6.45, 7) is 5.27. The first-order valence-electron chi connectivity index (χ1n) is 8.96. The van der Waals surface area contributed by atoms with Crippen LogP contribution in [0.3, 0.4) is 0 Å². The van der Waals surface area contributed by atoms with Gasteiger partial charge >= 0.3 is 6.09 Å². The van der Waals surface area contributed by atoms with Crippen LogP contribution in [0.25, 0.3) is 0 Å². The molecular weight excluding hydrogens is 363 g/mol. The number of para-hydroxylation sites is 1. The number of hydrogen-bond donors (Lipinski definition) is 1. The molecule has 0 spiro atoms. The zero-order chi connectivity index (χ0) is 20.5. The predicted molar refractivity (Wildman–Crippen MR) is 103 cm³/mol. The first-order valence-corrected chi connectivity index (χ1v) is 8.96. The van der Waals surface area contributed by atoms with E-state index in [-0.39, 0.29) is 5.91 Å². The number of nitrogens with zero attached hydrogens (tertiary/aromatic N) is 1. The Balaban J connectivity index is 1.84. The summed E-state index contributed by atoms with van der Waals surface area (Å²) in [6, 6.07) is 10.4. The molecule has 1 atom stereocenters. The van der Waals surface area contributed by atoms with Crippen LogP contribution in [0.5, 0.6) is 11.5 Å². The molecule has 2 aromatic carbocycles. The van der Waals surface area contributed by atoms with Crippen LogP contribution in [0.15, 0.2) is 42.5 Å². The van der Waals surface area contributed by atoms with E-state index in [2.05, 4.69) is 5.32 Å². The largest absolute Gasteiger partial charge is 0.455 e. The standard InChI is InChI=1S/C21H23FN2O4/c1-21(2,3)28-20(26)23-16-11-13-7-5-10-17(18(13)24(4)19(16)25)27-15-9-6-8-14(22)12-15/h5-10,12,16H,11H2,1-4H3,(H,23,26). The molecule has 0 aliphatic carbocycles. The topological polar surface area (TPSA) is 67.9 Å². The van der Waals surface area contributed by atoms with Gasteiger partial charge in [-0.2, -0.15) is 0 Å². The highest BCUT2D eigenvalue weighted by Crippen LogP contribution is 2.38. The van der Waals surface area contributed by atoms with Gasteiger partial charge in [0.05, 0.1) is 5.69 Å². The van der Waals surface area contributed by atoms with Gasteiger partial charge in [0, 0.05) is 19.5 Å². The van der Waals surface area contributed by atoms with Crippen LogP contribution in [-0.4, -0.2) is 30.7 Å². The number of halogens is 1. The Morgan fingerprint density at radius 1 is 1.21 bits per heavy atom. The number of benzene rings is 2. The Bertz CT molecular complexity index is 908. The van der Waals surface area contributed by atoms with Crippen LogP contribution in [0.4, 0.5) is 14.9 Å². The van der Waals surface area contributed by atoms with Crippen LogP contribution in [0, 0.1) is 5.82 Å². The van der Waals surface area contributed by atoms with Crippen molar-refractivity contribution in [3.63, 3.8) is 0 Å². The minimum absolute atomic E-state index is 0.284. The fourth-order valence-electron chi connectivity index (χ4n) is 3.07. The average molecular weight is 386 g/mol. The van der Waals surface area contributed by atoms with Crippen molar-refractivity contribution in [2.45, 2.75) is 38.8 Å². The Morgan fingerprint density at radius 3 is 2.61 bits per heavy atom. The molecule has 0 radical (unpaired) electrons. The fraction of sp³-hybridized carbons (Fsp3) is 0.333. The average Bonchev–Trinajstić information content (AvgIpc) is 2.58. The number of rotatable bonds is 3. The van der Waals surface area contributed by atoms with Gasteiger partial charge in [0.15, 0.2) is 5.75 Å². The zero-order valence-corrected chi connectivity index (χ0v) is 16.3. The Morgan fingerprint density at radius 2 is 1.93 bits per heavy atom. The molecule has 0 fully saturated rings. The number of ether oxygens (including phenoxy) is 2. The third-order valence-electron chi connectivity index (χ3n) is 4.19. The summed E-state index contributed by atoms with van der Waals surface area (Å²) in [5.41, 5.74) is 0.772. The highest BCUT2D eigenvalue weighted by molar-refractivity contribution is 6.02. The third kappa shape index (κ3) is 4.42. The molecule has 2 amide bonds. The van der Waals surface area contributed by atoms with E-state index in [1.165, 1.54) is 17.0 Å². The summed E-state index contributed by atoms with van der Waals surface area (Å²) >= 11 is 0. The van der Waals surface area contributed by atoms with Crippen molar-refractivity contribution in [2.75, 3.05) is 11.9 Å². The van der Waals surface area contributed by atoms with E-state index in [0.717, 1.165) is 5.56 Å². The van der Waals surface area contributed by atoms with Gasteiger partial charge in [-0.05, 0) is 44.5 Å². The van der Waals surface area contributed by atoms with Crippen LogP contribution in [0.1, 0.15) is 26.3 Å². The first kappa shape index (κ1) is 19.7. The second-order valence-corrected chi connectivity index (χ2v) is 7.62. The molecule has 1 aliphatic heterocycles. The number of carbonyl (C=O) groups excluding carboxylic acids is 2. The molecule has 7 heteroatoms. The number of alkyl carbamates (subject to hydrolysis) is 1. The maximum Gasteiger partial charge on any atom is 0.408 e. The maximum absolute atomic E-state index is 13.4. The van der Waals surface area contributed by atoms with Gasteiger partial charge in [0.1, 0.15) is 23.2 Å². The first-order chi connectivity index (χ1) is 13.1. The molecule has 2 aromatic rings. The van der Waals surface area contributed by atoms with Gasteiger partial charge in [0.25, 0.3) is 0 Å². The summed E-state index contributed by atoms with van der Waals surface area (Å²) in [5.74, 6) is 0.0833. The summed E-state index contributed by atoms with van der Waals surface area (Å²) in [4.78, 5) is 26.3. The van der Waals surface area contributed by atoms with Gasteiger partial charge in [-0.3, -0.25) is 4.79 Å². The molecule has 0 aromatic heterocycles. The normalized spacial score (nSPS) is 16.4. The lowest BCUT2D eigenvalue weighted by molar-refractivity contribution is -0.120. The zero-order valence-electron chi connectivity index (χ0n) is 16.3. The summed E-state index contributed by atoms with van der Waals surface area (Å²) in [7, 11) is 1.61. The summed E-state index contributed by atoms with van der Waals surface area (Å²) in [5, 5.41) is 2.63. The van der Waals surface area contributed by atoms with Crippen molar-refractivity contribution in [1.82, 2.24) is 5.32 Å². The Labute approximate surface area is 163 Å². The maximum atomic E-state index is 13.4. The van der Waals surface area contributed by atoms with E-state index < -0.39 is 23.6 Å². The molecule has 148 valence electrons. The van der Waals surface area contributed by atoms with Crippen LogP contribution in [0.2, 0.25) is 0 Å². The van der Waals surface area contributed by atoms with E-state index >= 15 is 0 Å². The minimum Gasteiger partial charge on any atom is -0.455 e. The summed E-state index contributed by atoms with van der Waals surface area (Å²) < 4.78 is 24.5. The number of anilines is 1. The van der Waals surface area contributed by atoms with E-state index in [9.17, 15) is 14.0 Å². The molecule has 0 bridgehead atoms. The molecule has 0 saturated carbocycles. The van der Waals surface area contributed by atoms with Gasteiger partial charge in [-0.1, -0.05) is 18.2 Å². The minimum atomic E-state index is -0.739. The van der Waals surface area contributed by atoms with E-state index in [4.69, 9.17) is 9.47 Å². The molecule has 6 nitrogen and oxygen atoms in total. The van der Waals surface area contributed by atoms with Gasteiger partial charge < -0.3 is 19.7 Å². The molecule has 28 heavy (non-hydrogen) atoms. The van der Waals surface area contributed by atoms with Crippen LogP contribution >= 0.6 is 0 Å². The van der Waals surface area contributed by atoms with E-state index in [0.29, 0.717) is 23.6 Å². The van der Waals surface area contributed by atoms with Crippen molar-refractivity contribution in [2.24, 2.45) is 0 Å². The number of carbonyl (C=O) groups is 2. The number of nitrogens with one attached hydrogen (secondary N) is 1. The number of likely N-dealkylation sites (N-methyl/N-ethyl adjacent to an activating group) is 1. The lowest BCUT2D eigenvalue weighted by atomic mass is 9.97. The predicted octanol–water partition coefficient (Wildman–Crippen LogP) is 4.03. The van der Waals surface area contributed by atoms with E-state index in [1.807, 2.05) is 6.07 Å². The number of fused-ring (bicyclic) bond motifs is 1. The van der Waals surface area contributed by atoms with Crippen molar-refractivity contribution < 1.29 is 23.5 Å². The second kappa shape index (κ2) is 7.50. The van der Waals surface area contributed by atoms with Gasteiger partial charge in [-0.15, -0.1) is 0 Å². The SMILES string of the molecule is CN1C(=O)C(NC(=O)OC(C)(C)C)Cc2cccc(Oc3cccc(F)c3)c21. The molecular formula is C21H23FN2O4. The van der Waals surface area contributed by atoms with Gasteiger partial charge in [0.2, 0.25) is 5.91 Å². The van der Waals surface area contributed by atoms with Crippen molar-refractivity contribution in [1.29, 1.82) is 0 Å². The Kier molecular flexibility index (Phi) is 5.27. The molecule has 1 aliphatic rings. The van der Waals surface area contributed by atoms with Crippen LogP contribution < -0.4 is 15.0 Å². The quantitative estimate of drug-likeness (QED) is 0.865. The smallest absolute Gasteiger partial charge is 0.408 e. The lowest BCUT2D eigenvalue weighted by Gasteiger charge is -2.33. The van der Waals surface area contributed by atoms with Gasteiger partial charge in [-0.25, -0.2) is 9.18 Å². The van der Waals surface area contributed by atoms with Crippen LogP contribution in [-0.2, 0) is 16.0 Å². The molecule has 1 N–H and O–H groups in total. The molecule has 1 unspecified atom stereocenters. The Hall–Kier alpha value is -3.09. The fourth-order valence-corrected chi connectivity index (χ4v) is 3.07. The highest BCUT2D eigenvalue weighted by Gasteiger charge is 2.34. The molecule has 1 heterocycles. The molecule has 3 rings (SSSR count). The van der Waals surface area contributed by atoms with E-state index in [1.54, 1.807) is 52.1 Å².